The topological polar surface area (TPSA) is 106 Å². The van der Waals surface area contributed by atoms with Crippen LogP contribution in [0.5, 0.6) is 5.75 Å². The van der Waals surface area contributed by atoms with Crippen LogP contribution in [-0.2, 0) is 14.3 Å². The zero-order chi connectivity index (χ0) is 25.8. The Bertz CT molecular complexity index is 1360. The number of carbonyl (C=O) groups is 3. The van der Waals surface area contributed by atoms with Gasteiger partial charge >= 0.3 is 5.97 Å². The molecule has 1 aliphatic rings. The van der Waals surface area contributed by atoms with E-state index in [0.29, 0.717) is 33.5 Å². The number of ether oxygens (including phenoxy) is 2. The molecule has 184 valence electrons. The summed E-state index contributed by atoms with van der Waals surface area (Å²) in [7, 11) is 1.51. The van der Waals surface area contributed by atoms with Crippen molar-refractivity contribution < 1.29 is 29.0 Å². The van der Waals surface area contributed by atoms with Crippen LogP contribution in [0.15, 0.2) is 77.0 Å². The van der Waals surface area contributed by atoms with Gasteiger partial charge in [-0.2, -0.15) is 0 Å². The number of rotatable bonds is 7. The second kappa shape index (κ2) is 10.7. The maximum atomic E-state index is 13.3. The average Bonchev–Trinajstić information content (AvgIpc) is 3.17. The van der Waals surface area contributed by atoms with E-state index >= 15 is 0 Å². The zero-order valence-corrected chi connectivity index (χ0v) is 21.2. The Kier molecular flexibility index (Phi) is 7.49. The molecule has 2 aromatic carbocycles. The number of nitrogens with zero attached hydrogens (tertiary/aromatic N) is 2. The number of amides is 1. The third kappa shape index (κ3) is 4.74. The number of methoxy groups -OCH3 is 1. The van der Waals surface area contributed by atoms with Gasteiger partial charge in [0.05, 0.1) is 35.4 Å². The molecule has 1 aliphatic heterocycles. The van der Waals surface area contributed by atoms with E-state index in [2.05, 4.69) is 20.9 Å². The van der Waals surface area contributed by atoms with Crippen LogP contribution in [0, 0.1) is 0 Å². The summed E-state index contributed by atoms with van der Waals surface area (Å²) in [5, 5.41) is 11.3. The van der Waals surface area contributed by atoms with Crippen LogP contribution in [0.3, 0.4) is 0 Å². The molecule has 1 aromatic heterocycles. The van der Waals surface area contributed by atoms with Crippen molar-refractivity contribution in [1.82, 2.24) is 4.98 Å². The monoisotopic (exact) mass is 550 g/mol. The number of aromatic nitrogens is 1. The van der Waals surface area contributed by atoms with Crippen LogP contribution in [0.1, 0.15) is 40.9 Å². The van der Waals surface area contributed by atoms with Gasteiger partial charge in [0.2, 0.25) is 0 Å². The van der Waals surface area contributed by atoms with Gasteiger partial charge in [-0.1, -0.05) is 19.1 Å². The number of pyridine rings is 1. The smallest absolute Gasteiger partial charge is 0.338 e. The quantitative estimate of drug-likeness (QED) is 0.190. The molecule has 0 spiro atoms. The Morgan fingerprint density at radius 3 is 2.58 bits per heavy atom. The van der Waals surface area contributed by atoms with Crippen LogP contribution < -0.4 is 9.64 Å². The number of aliphatic hydroxyl groups excluding tert-OH is 1. The van der Waals surface area contributed by atoms with E-state index in [1.54, 1.807) is 54.7 Å². The Morgan fingerprint density at radius 1 is 1.11 bits per heavy atom. The van der Waals surface area contributed by atoms with Crippen molar-refractivity contribution in [2.45, 2.75) is 19.4 Å². The summed E-state index contributed by atoms with van der Waals surface area (Å²) in [4.78, 5) is 44.5. The fourth-order valence-electron chi connectivity index (χ4n) is 3.98. The van der Waals surface area contributed by atoms with E-state index in [-0.39, 0.29) is 23.5 Å². The van der Waals surface area contributed by atoms with Gasteiger partial charge in [-0.3, -0.25) is 19.5 Å². The Balaban J connectivity index is 1.86. The molecule has 1 unspecified atom stereocenters. The highest BCUT2D eigenvalue weighted by Crippen LogP contribution is 2.42. The van der Waals surface area contributed by atoms with E-state index in [4.69, 9.17) is 9.47 Å². The van der Waals surface area contributed by atoms with Gasteiger partial charge in [0.25, 0.3) is 11.7 Å². The second-order valence-electron chi connectivity index (χ2n) is 7.99. The molecule has 3 aromatic rings. The summed E-state index contributed by atoms with van der Waals surface area (Å²) in [5.41, 5.74) is 1.30. The predicted octanol–water partition coefficient (Wildman–Crippen LogP) is 5.05. The Labute approximate surface area is 216 Å². The first-order valence-electron chi connectivity index (χ1n) is 11.2. The molecule has 1 fully saturated rings. The molecule has 0 saturated carbocycles. The van der Waals surface area contributed by atoms with Gasteiger partial charge in [-0.05, 0) is 70.4 Å². The lowest BCUT2D eigenvalue weighted by molar-refractivity contribution is -0.132. The Hall–Kier alpha value is -3.98. The van der Waals surface area contributed by atoms with Gasteiger partial charge in [-0.25, -0.2) is 4.79 Å². The van der Waals surface area contributed by atoms with Crippen molar-refractivity contribution in [3.63, 3.8) is 0 Å². The normalized spacial score (nSPS) is 16.8. The van der Waals surface area contributed by atoms with Crippen LogP contribution >= 0.6 is 15.9 Å². The molecule has 4 rings (SSSR count). The molecule has 8 nitrogen and oxygen atoms in total. The number of Topliss-reactive ketones (excluding diaryl/α,β-unsaturated/α-hetero) is 1. The third-order valence-corrected chi connectivity index (χ3v) is 6.29. The molecule has 1 saturated heterocycles. The molecule has 1 atom stereocenters. The molecule has 36 heavy (non-hydrogen) atoms. The van der Waals surface area contributed by atoms with Gasteiger partial charge in [0.15, 0.2) is 0 Å². The standard InChI is InChI=1S/C27H23BrN2O6/c1-3-12-36-27(34)17-6-4-8-19(13-17)30-23(18-7-5-11-29-15-18)22(25(32)26(30)33)24(31)16-9-10-21(35-2)20(28)14-16/h4-11,13-15,23,31H,3,12H2,1-2H3/b24-22+. The lowest BCUT2D eigenvalue weighted by atomic mass is 9.96. The van der Waals surface area contributed by atoms with Crippen molar-refractivity contribution in [2.75, 3.05) is 18.6 Å². The number of anilines is 1. The van der Waals surface area contributed by atoms with Crippen LogP contribution in [0.4, 0.5) is 5.69 Å². The summed E-state index contributed by atoms with van der Waals surface area (Å²) in [6, 6.07) is 13.6. The first kappa shape index (κ1) is 25.1. The van der Waals surface area contributed by atoms with Crippen molar-refractivity contribution in [3.8, 4) is 5.75 Å². The van der Waals surface area contributed by atoms with Crippen LogP contribution in [0.25, 0.3) is 5.76 Å². The molecule has 0 radical (unpaired) electrons. The maximum absolute atomic E-state index is 13.3. The van der Waals surface area contributed by atoms with Gasteiger partial charge in [0.1, 0.15) is 11.5 Å². The lowest BCUT2D eigenvalue weighted by Gasteiger charge is -2.25. The van der Waals surface area contributed by atoms with Gasteiger partial charge in [-0.15, -0.1) is 0 Å². The highest BCUT2D eigenvalue weighted by atomic mass is 79.9. The SMILES string of the molecule is CCCOC(=O)c1cccc(N2C(=O)C(=O)/C(=C(/O)c3ccc(OC)c(Br)c3)C2c2cccnc2)c1. The first-order valence-corrected chi connectivity index (χ1v) is 12.0. The number of hydrogen-bond acceptors (Lipinski definition) is 7. The summed E-state index contributed by atoms with van der Waals surface area (Å²) in [6.45, 7) is 2.15. The number of ketones is 1. The molecular weight excluding hydrogens is 528 g/mol. The summed E-state index contributed by atoms with van der Waals surface area (Å²) >= 11 is 3.38. The van der Waals surface area contributed by atoms with Crippen molar-refractivity contribution in [2.24, 2.45) is 0 Å². The molecule has 0 aliphatic carbocycles. The minimum absolute atomic E-state index is 0.0935. The molecule has 1 amide bonds. The van der Waals surface area contributed by atoms with E-state index in [1.807, 2.05) is 6.92 Å². The number of benzene rings is 2. The van der Waals surface area contributed by atoms with E-state index in [9.17, 15) is 19.5 Å². The fourth-order valence-corrected chi connectivity index (χ4v) is 4.52. The third-order valence-electron chi connectivity index (χ3n) is 5.67. The molecule has 2 heterocycles. The molecule has 1 N–H and O–H groups in total. The minimum Gasteiger partial charge on any atom is -0.507 e. The van der Waals surface area contributed by atoms with Crippen molar-refractivity contribution >= 4 is 45.0 Å². The van der Waals surface area contributed by atoms with Gasteiger partial charge in [0, 0.05) is 23.6 Å². The molecule has 0 bridgehead atoms. The van der Waals surface area contributed by atoms with E-state index in [1.165, 1.54) is 24.3 Å². The highest BCUT2D eigenvalue weighted by molar-refractivity contribution is 9.10. The number of aliphatic hydroxyl groups is 1. The number of hydrogen-bond donors (Lipinski definition) is 1. The zero-order valence-electron chi connectivity index (χ0n) is 19.6. The maximum Gasteiger partial charge on any atom is 0.338 e. The van der Waals surface area contributed by atoms with Gasteiger partial charge < -0.3 is 14.6 Å². The fraction of sp³-hybridized carbons (Fsp3) is 0.185. The molecule has 9 heteroatoms. The summed E-state index contributed by atoms with van der Waals surface area (Å²) in [6.07, 6.45) is 3.77. The molecular formula is C27H23BrN2O6. The largest absolute Gasteiger partial charge is 0.507 e. The van der Waals surface area contributed by atoms with E-state index in [0.717, 1.165) is 0 Å². The highest BCUT2D eigenvalue weighted by Gasteiger charge is 2.47. The minimum atomic E-state index is -0.971. The number of halogens is 1. The summed E-state index contributed by atoms with van der Waals surface area (Å²) < 4.78 is 11.0. The van der Waals surface area contributed by atoms with Crippen LogP contribution in [0.2, 0.25) is 0 Å². The number of esters is 1. The first-order chi connectivity index (χ1) is 17.4. The summed E-state index contributed by atoms with van der Waals surface area (Å²) in [5.74, 6) is -2.02. The Morgan fingerprint density at radius 2 is 1.92 bits per heavy atom. The predicted molar refractivity (Wildman–Crippen MR) is 137 cm³/mol. The van der Waals surface area contributed by atoms with Crippen molar-refractivity contribution in [3.05, 3.63) is 93.7 Å². The van der Waals surface area contributed by atoms with E-state index < -0.39 is 23.7 Å². The number of carbonyl (C=O) groups excluding carboxylic acids is 3. The lowest BCUT2D eigenvalue weighted by Crippen LogP contribution is -2.29. The van der Waals surface area contributed by atoms with Crippen molar-refractivity contribution in [1.29, 1.82) is 0 Å². The second-order valence-corrected chi connectivity index (χ2v) is 8.85. The van der Waals surface area contributed by atoms with Crippen LogP contribution in [-0.4, -0.2) is 41.5 Å². The average molecular weight is 551 g/mol.